The molecule has 7 nitrogen and oxygen atoms in total. The van der Waals surface area contributed by atoms with Gasteiger partial charge in [-0.25, -0.2) is 0 Å². The molecule has 0 fully saturated rings. The lowest BCUT2D eigenvalue weighted by Gasteiger charge is -2.11. The molecule has 1 amide bonds. The molecule has 0 aliphatic heterocycles. The second kappa shape index (κ2) is 6.40. The smallest absolute Gasteiger partial charge is 0.273 e. The molecule has 0 saturated heterocycles. The highest BCUT2D eigenvalue weighted by atomic mass is 32.2. The number of carbonyl (C=O) groups is 1. The summed E-state index contributed by atoms with van der Waals surface area (Å²) >= 11 is 1.11. The number of nitrogens with zero attached hydrogens (tertiary/aromatic N) is 2. The average Bonchev–Trinajstić information content (AvgIpc) is 2.45. The number of amides is 1. The number of aromatic amines is 1. The van der Waals surface area contributed by atoms with E-state index in [1.807, 2.05) is 0 Å². The fourth-order valence-corrected chi connectivity index (χ4v) is 2.18. The van der Waals surface area contributed by atoms with Crippen LogP contribution in [-0.2, 0) is 4.79 Å². The van der Waals surface area contributed by atoms with Gasteiger partial charge in [-0.15, -0.1) is 10.2 Å². The van der Waals surface area contributed by atoms with Crippen molar-refractivity contribution in [2.24, 2.45) is 0 Å². The number of aromatic nitrogens is 3. The van der Waals surface area contributed by atoms with Gasteiger partial charge in [0.05, 0.1) is 5.25 Å². The third kappa shape index (κ3) is 4.06. The molecule has 110 valence electrons. The minimum absolute atomic E-state index is 0.128. The minimum atomic E-state index is -0.466. The molecule has 0 saturated carbocycles. The highest BCUT2D eigenvalue weighted by Crippen LogP contribution is 2.20. The Hall–Kier alpha value is -2.35. The minimum Gasteiger partial charge on any atom is -0.508 e. The van der Waals surface area contributed by atoms with E-state index in [4.69, 9.17) is 0 Å². The Kier molecular flexibility index (Phi) is 4.59. The lowest BCUT2D eigenvalue weighted by atomic mass is 10.3. The van der Waals surface area contributed by atoms with Gasteiger partial charge in [-0.3, -0.25) is 14.6 Å². The molecule has 0 spiro atoms. The quantitative estimate of drug-likeness (QED) is 0.580. The summed E-state index contributed by atoms with van der Waals surface area (Å²) in [5, 5.41) is 19.2. The van der Waals surface area contributed by atoms with Crippen LogP contribution in [0.1, 0.15) is 12.6 Å². The number of thioether (sulfide) groups is 1. The van der Waals surface area contributed by atoms with Gasteiger partial charge in [-0.05, 0) is 38.1 Å². The van der Waals surface area contributed by atoms with E-state index < -0.39 is 5.25 Å². The van der Waals surface area contributed by atoms with Gasteiger partial charge in [-0.1, -0.05) is 11.8 Å². The maximum absolute atomic E-state index is 12.0. The molecular formula is C13H14N4O3S. The molecule has 1 unspecified atom stereocenters. The molecule has 2 rings (SSSR count). The number of benzene rings is 1. The molecule has 21 heavy (non-hydrogen) atoms. The Morgan fingerprint density at radius 2 is 2.00 bits per heavy atom. The maximum atomic E-state index is 12.0. The molecule has 8 heteroatoms. The predicted molar refractivity (Wildman–Crippen MR) is 79.4 cm³/mol. The summed E-state index contributed by atoms with van der Waals surface area (Å²) in [4.78, 5) is 26.0. The number of anilines is 1. The Balaban J connectivity index is 2.00. The summed E-state index contributed by atoms with van der Waals surface area (Å²) in [6, 6.07) is 6.16. The van der Waals surface area contributed by atoms with Crippen LogP contribution in [0.3, 0.4) is 0 Å². The van der Waals surface area contributed by atoms with Gasteiger partial charge in [0, 0.05) is 5.69 Å². The highest BCUT2D eigenvalue weighted by Gasteiger charge is 2.16. The lowest BCUT2D eigenvalue weighted by molar-refractivity contribution is -0.115. The maximum Gasteiger partial charge on any atom is 0.273 e. The number of H-pyrrole nitrogens is 1. The SMILES string of the molecule is Cc1nnc(SC(C)C(=O)Nc2ccc(O)cc2)[nH]c1=O. The second-order valence-electron chi connectivity index (χ2n) is 4.34. The van der Waals surface area contributed by atoms with Crippen LogP contribution in [0, 0.1) is 6.92 Å². The monoisotopic (exact) mass is 306 g/mol. The molecule has 3 N–H and O–H groups in total. The summed E-state index contributed by atoms with van der Waals surface area (Å²) in [6.07, 6.45) is 0. The third-order valence-electron chi connectivity index (χ3n) is 2.63. The van der Waals surface area contributed by atoms with E-state index in [0.29, 0.717) is 10.8 Å². The summed E-state index contributed by atoms with van der Waals surface area (Å²) in [5.41, 5.74) is 0.535. The first kappa shape index (κ1) is 15.0. The number of aromatic hydroxyl groups is 1. The van der Waals surface area contributed by atoms with Gasteiger partial charge >= 0.3 is 0 Å². The standard InChI is InChI=1S/C13H14N4O3S/c1-7-11(19)15-13(17-16-7)21-8(2)12(20)14-9-3-5-10(18)6-4-9/h3-6,8,18H,1-2H3,(H,14,20)(H,15,17,19). The zero-order valence-electron chi connectivity index (χ0n) is 11.5. The van der Waals surface area contributed by atoms with E-state index in [2.05, 4.69) is 20.5 Å². The average molecular weight is 306 g/mol. The van der Waals surface area contributed by atoms with Crippen LogP contribution in [-0.4, -0.2) is 31.4 Å². The zero-order valence-corrected chi connectivity index (χ0v) is 12.3. The van der Waals surface area contributed by atoms with Crippen LogP contribution in [0.4, 0.5) is 5.69 Å². The number of phenols is 1. The second-order valence-corrected chi connectivity index (χ2v) is 5.67. The van der Waals surface area contributed by atoms with E-state index in [0.717, 1.165) is 11.8 Å². The van der Waals surface area contributed by atoms with Gasteiger partial charge in [0.1, 0.15) is 11.4 Å². The van der Waals surface area contributed by atoms with Crippen molar-refractivity contribution < 1.29 is 9.90 Å². The molecule has 0 aliphatic carbocycles. The highest BCUT2D eigenvalue weighted by molar-refractivity contribution is 8.00. The van der Waals surface area contributed by atoms with Crippen molar-refractivity contribution in [1.29, 1.82) is 0 Å². The number of aryl methyl sites for hydroxylation is 1. The molecule has 0 radical (unpaired) electrons. The fourth-order valence-electron chi connectivity index (χ4n) is 1.44. The Morgan fingerprint density at radius 1 is 1.33 bits per heavy atom. The molecule has 0 bridgehead atoms. The summed E-state index contributed by atoms with van der Waals surface area (Å²) in [6.45, 7) is 3.25. The number of carbonyl (C=O) groups excluding carboxylic acids is 1. The van der Waals surface area contributed by atoms with Crippen molar-refractivity contribution >= 4 is 23.4 Å². The van der Waals surface area contributed by atoms with Gasteiger partial charge in [-0.2, -0.15) is 0 Å². The summed E-state index contributed by atoms with van der Waals surface area (Å²) in [7, 11) is 0. The van der Waals surface area contributed by atoms with Crippen molar-refractivity contribution in [2.45, 2.75) is 24.3 Å². The van der Waals surface area contributed by atoms with Gasteiger partial charge in [0.2, 0.25) is 5.91 Å². The summed E-state index contributed by atoms with van der Waals surface area (Å²) < 4.78 is 0. The molecular weight excluding hydrogens is 292 g/mol. The third-order valence-corrected chi connectivity index (χ3v) is 3.61. The van der Waals surface area contributed by atoms with Crippen molar-refractivity contribution in [2.75, 3.05) is 5.32 Å². The van der Waals surface area contributed by atoms with E-state index in [-0.39, 0.29) is 22.9 Å². The first-order valence-electron chi connectivity index (χ1n) is 6.16. The topological polar surface area (TPSA) is 108 Å². The number of phenolic OH excluding ortho intramolecular Hbond substituents is 1. The van der Waals surface area contributed by atoms with Crippen molar-refractivity contribution in [3.05, 3.63) is 40.3 Å². The van der Waals surface area contributed by atoms with E-state index in [9.17, 15) is 14.7 Å². The molecule has 1 aromatic heterocycles. The van der Waals surface area contributed by atoms with Crippen molar-refractivity contribution in [1.82, 2.24) is 15.2 Å². The number of nitrogens with one attached hydrogen (secondary N) is 2. The van der Waals surface area contributed by atoms with Crippen LogP contribution >= 0.6 is 11.8 Å². The first-order valence-corrected chi connectivity index (χ1v) is 7.04. The van der Waals surface area contributed by atoms with Crippen LogP contribution in [0.15, 0.2) is 34.2 Å². The van der Waals surface area contributed by atoms with E-state index in [1.54, 1.807) is 26.0 Å². The van der Waals surface area contributed by atoms with Crippen LogP contribution in [0.2, 0.25) is 0 Å². The Morgan fingerprint density at radius 3 is 2.62 bits per heavy atom. The lowest BCUT2D eigenvalue weighted by Crippen LogP contribution is -2.23. The van der Waals surface area contributed by atoms with Crippen molar-refractivity contribution in [3.63, 3.8) is 0 Å². The van der Waals surface area contributed by atoms with Crippen LogP contribution in [0.5, 0.6) is 5.75 Å². The summed E-state index contributed by atoms with van der Waals surface area (Å²) in [5.74, 6) is -0.114. The fraction of sp³-hybridized carbons (Fsp3) is 0.231. The number of hydrogen-bond donors (Lipinski definition) is 3. The Labute approximate surface area is 124 Å². The first-order chi connectivity index (χ1) is 9.95. The molecule has 1 heterocycles. The largest absolute Gasteiger partial charge is 0.508 e. The van der Waals surface area contributed by atoms with E-state index >= 15 is 0 Å². The normalized spacial score (nSPS) is 11.9. The van der Waals surface area contributed by atoms with Crippen molar-refractivity contribution in [3.8, 4) is 5.75 Å². The molecule has 1 aromatic carbocycles. The Bertz CT molecular complexity index is 699. The van der Waals surface area contributed by atoms with Gasteiger partial charge in [0.15, 0.2) is 5.16 Å². The molecule has 1 atom stereocenters. The number of rotatable bonds is 4. The predicted octanol–water partition coefficient (Wildman–Crippen LogP) is 1.30. The molecule has 0 aliphatic rings. The zero-order chi connectivity index (χ0) is 15.4. The van der Waals surface area contributed by atoms with Gasteiger partial charge < -0.3 is 10.4 Å². The van der Waals surface area contributed by atoms with Gasteiger partial charge in [0.25, 0.3) is 5.56 Å². The molecule has 2 aromatic rings. The van der Waals surface area contributed by atoms with Crippen LogP contribution in [0.25, 0.3) is 0 Å². The van der Waals surface area contributed by atoms with E-state index in [1.165, 1.54) is 12.1 Å². The van der Waals surface area contributed by atoms with Crippen LogP contribution < -0.4 is 10.9 Å². The number of hydrogen-bond acceptors (Lipinski definition) is 6.